The van der Waals surface area contributed by atoms with Crippen molar-refractivity contribution in [3.8, 4) is 0 Å². The van der Waals surface area contributed by atoms with Gasteiger partial charge in [0, 0.05) is 61.1 Å². The van der Waals surface area contributed by atoms with Gasteiger partial charge >= 0.3 is 0 Å². The average molecular weight is 756 g/mol. The molecular weight excluding hydrogens is 711 g/mol. The highest BCUT2D eigenvalue weighted by atomic mass is 35.5. The smallest absolute Gasteiger partial charge is 0.257 e. The van der Waals surface area contributed by atoms with Gasteiger partial charge < -0.3 is 29.6 Å². The van der Waals surface area contributed by atoms with Crippen LogP contribution in [0, 0.1) is 17.5 Å². The Morgan fingerprint density at radius 2 is 1.63 bits per heavy atom. The van der Waals surface area contributed by atoms with E-state index < -0.39 is 54.1 Å². The molecule has 1 N–H and O–H groups in total. The van der Waals surface area contributed by atoms with E-state index in [2.05, 4.69) is 40.0 Å². The van der Waals surface area contributed by atoms with Crippen LogP contribution in [0.3, 0.4) is 0 Å². The lowest BCUT2D eigenvalue weighted by Crippen LogP contribution is -2.50. The van der Waals surface area contributed by atoms with E-state index in [-0.39, 0.29) is 25.3 Å². The zero-order valence-electron chi connectivity index (χ0n) is 29.7. The van der Waals surface area contributed by atoms with Gasteiger partial charge in [0.1, 0.15) is 32.5 Å². The van der Waals surface area contributed by atoms with Crippen molar-refractivity contribution in [3.05, 3.63) is 86.9 Å². The summed E-state index contributed by atoms with van der Waals surface area (Å²) in [6.07, 6.45) is 11.8. The van der Waals surface area contributed by atoms with Crippen LogP contribution in [0.4, 0.5) is 18.9 Å². The summed E-state index contributed by atoms with van der Waals surface area (Å²) in [4.78, 5) is 28.1. The number of hydrogen-bond donors (Lipinski definition) is 1. The summed E-state index contributed by atoms with van der Waals surface area (Å²) in [7, 11) is -2.54. The van der Waals surface area contributed by atoms with Crippen molar-refractivity contribution in [2.45, 2.75) is 51.6 Å². The second-order valence-electron chi connectivity index (χ2n) is 14.1. The van der Waals surface area contributed by atoms with E-state index in [4.69, 9.17) is 21.1 Å². The minimum atomic E-state index is -2.54. The standard InChI is InChI=1S/C39H45ClF3N3O5Si/c1-52(2)29-23-25(45-15-7-16-45)9-11-27(29)31(28-12-10-26(24-30(28)52)46-17-8-18-46)32-33(39(48)49)36(42)37(43)34(35(32)41)38(47)44-14-20-51-22-21-50-19-6-4-3-5-13-40/h9-12,23-24H,3-8,13-22H2,1-2H3,(H-,44,47,48,49). The van der Waals surface area contributed by atoms with Crippen LogP contribution in [-0.2, 0) is 9.47 Å². The quantitative estimate of drug-likeness (QED) is 0.0866. The number of carbonyl (C=O) groups excluding carboxylic acids is 2. The maximum absolute atomic E-state index is 16.9. The van der Waals surface area contributed by atoms with E-state index >= 15 is 13.2 Å². The van der Waals surface area contributed by atoms with Crippen molar-refractivity contribution in [2.75, 3.05) is 69.9 Å². The van der Waals surface area contributed by atoms with E-state index in [0.29, 0.717) is 30.2 Å². The number of alkyl halides is 1. The molecule has 2 saturated heterocycles. The number of anilines is 1. The Bertz CT molecular complexity index is 1870. The molecule has 0 aromatic heterocycles. The number of halogens is 4. The summed E-state index contributed by atoms with van der Waals surface area (Å²) < 4.78 is 61.6. The van der Waals surface area contributed by atoms with Crippen molar-refractivity contribution in [3.63, 3.8) is 0 Å². The molecule has 2 aromatic rings. The molecule has 1 amide bonds. The first-order valence-electron chi connectivity index (χ1n) is 18.1. The zero-order chi connectivity index (χ0) is 37.0. The highest BCUT2D eigenvalue weighted by Gasteiger charge is 2.43. The van der Waals surface area contributed by atoms with Gasteiger partial charge in [-0.2, -0.15) is 0 Å². The van der Waals surface area contributed by atoms with Gasteiger partial charge in [-0.25, -0.2) is 17.7 Å². The fraction of sp³-hybridized carbons (Fsp3) is 0.462. The number of unbranched alkanes of at least 4 members (excludes halogenated alkanes) is 3. The minimum Gasteiger partial charge on any atom is -0.545 e. The van der Waals surface area contributed by atoms with Gasteiger partial charge in [0.25, 0.3) is 5.91 Å². The van der Waals surface area contributed by atoms with Crippen molar-refractivity contribution in [1.29, 1.82) is 0 Å². The molecule has 0 bridgehead atoms. The van der Waals surface area contributed by atoms with Crippen LogP contribution < -0.4 is 20.5 Å². The van der Waals surface area contributed by atoms with Crippen molar-refractivity contribution in [2.24, 2.45) is 0 Å². The summed E-state index contributed by atoms with van der Waals surface area (Å²) in [6.45, 7) is 9.00. The summed E-state index contributed by atoms with van der Waals surface area (Å²) >= 11 is 5.68. The Labute approximate surface area is 308 Å². The largest absolute Gasteiger partial charge is 0.545 e. The van der Waals surface area contributed by atoms with Crippen LogP contribution in [0.5, 0.6) is 0 Å². The minimum absolute atomic E-state index is 0.0110. The summed E-state index contributed by atoms with van der Waals surface area (Å²) in [5.41, 5.74) is -0.0580. The molecule has 4 aliphatic rings. The Kier molecular flexibility index (Phi) is 12.1. The molecule has 8 nitrogen and oxygen atoms in total. The number of fused-ring (bicyclic) bond motifs is 2. The van der Waals surface area contributed by atoms with Gasteiger partial charge in [0.15, 0.2) is 17.3 Å². The number of carboxylic acids is 1. The number of carbonyl (C=O) groups is 2. The summed E-state index contributed by atoms with van der Waals surface area (Å²) in [5, 5.41) is 16.8. The Morgan fingerprint density at radius 3 is 2.29 bits per heavy atom. The number of amides is 1. The monoisotopic (exact) mass is 755 g/mol. The first kappa shape index (κ1) is 38.0. The summed E-state index contributed by atoms with van der Waals surface area (Å²) in [6, 6.07) is 5.76. The molecule has 2 fully saturated rings. The molecule has 0 unspecified atom stereocenters. The first-order valence-corrected chi connectivity index (χ1v) is 21.7. The fourth-order valence-corrected chi connectivity index (χ4v) is 10.5. The third kappa shape index (κ3) is 7.53. The predicted octanol–water partition coefficient (Wildman–Crippen LogP) is 4.86. The van der Waals surface area contributed by atoms with Crippen molar-refractivity contribution >= 4 is 53.7 Å². The van der Waals surface area contributed by atoms with Crippen LogP contribution in [0.1, 0.15) is 70.4 Å². The van der Waals surface area contributed by atoms with Gasteiger partial charge in [-0.3, -0.25) is 4.79 Å². The number of benzene rings is 2. The van der Waals surface area contributed by atoms with Crippen LogP contribution >= 0.6 is 11.6 Å². The number of rotatable bonds is 16. The highest BCUT2D eigenvalue weighted by Crippen LogP contribution is 2.45. The molecule has 0 atom stereocenters. The molecule has 0 radical (unpaired) electrons. The molecule has 3 heterocycles. The maximum Gasteiger partial charge on any atom is 0.257 e. The lowest BCUT2D eigenvalue weighted by Gasteiger charge is -2.40. The number of nitrogens with one attached hydrogen (secondary N) is 1. The molecule has 0 saturated carbocycles. The van der Waals surface area contributed by atoms with E-state index in [1.54, 1.807) is 0 Å². The maximum atomic E-state index is 16.9. The SMILES string of the molecule is C[Si]1(C)C2=CC(=[N+]3CCC3)C=CC2=C(c2c(F)c(C(=O)NCCOCCOCCCCCCCl)c(F)c(F)c2C(=O)[O-])c2ccc(N3CCC3)cc21. The van der Waals surface area contributed by atoms with E-state index in [9.17, 15) is 14.7 Å². The Morgan fingerprint density at radius 1 is 0.923 bits per heavy atom. The molecule has 278 valence electrons. The predicted molar refractivity (Wildman–Crippen MR) is 197 cm³/mol. The Balaban J connectivity index is 1.33. The lowest BCUT2D eigenvalue weighted by molar-refractivity contribution is -0.582. The number of allylic oxidation sites excluding steroid dienone is 5. The highest BCUT2D eigenvalue weighted by molar-refractivity contribution is 6.98. The van der Waals surface area contributed by atoms with Crippen LogP contribution in [-0.4, -0.2) is 95.3 Å². The van der Waals surface area contributed by atoms with Crippen LogP contribution in [0.2, 0.25) is 13.1 Å². The number of aromatic carboxylic acids is 1. The second-order valence-corrected chi connectivity index (χ2v) is 18.8. The third-order valence-corrected chi connectivity index (χ3v) is 14.2. The van der Waals surface area contributed by atoms with Gasteiger partial charge in [-0.15, -0.1) is 11.6 Å². The van der Waals surface area contributed by atoms with Gasteiger partial charge in [0.2, 0.25) is 0 Å². The number of nitrogens with zero attached hydrogens (tertiary/aromatic N) is 2. The molecule has 3 aliphatic heterocycles. The lowest BCUT2D eigenvalue weighted by atomic mass is 9.85. The number of carboxylic acid groups (broad SMARTS) is 1. The van der Waals surface area contributed by atoms with Crippen LogP contribution in [0.15, 0.2) is 47.2 Å². The number of ether oxygens (including phenoxy) is 2. The molecule has 52 heavy (non-hydrogen) atoms. The zero-order valence-corrected chi connectivity index (χ0v) is 31.5. The molecular formula is C39H45ClF3N3O5Si. The van der Waals surface area contributed by atoms with E-state index in [1.165, 1.54) is 0 Å². The van der Waals surface area contributed by atoms with E-state index in [1.807, 2.05) is 24.3 Å². The first-order chi connectivity index (χ1) is 25.1. The second kappa shape index (κ2) is 16.5. The van der Waals surface area contributed by atoms with Gasteiger partial charge in [-0.1, -0.05) is 32.0 Å². The van der Waals surface area contributed by atoms with Gasteiger partial charge in [-0.05, 0) is 64.6 Å². The molecule has 6 rings (SSSR count). The normalized spacial score (nSPS) is 17.3. The van der Waals surface area contributed by atoms with Gasteiger partial charge in [0.05, 0.1) is 32.2 Å². The molecule has 13 heteroatoms. The summed E-state index contributed by atoms with van der Waals surface area (Å²) in [5.74, 6) is -7.90. The molecule has 1 aliphatic carbocycles. The Hall–Kier alpha value is -3.71. The topological polar surface area (TPSA) is 93.9 Å². The van der Waals surface area contributed by atoms with Crippen molar-refractivity contribution < 1.29 is 41.9 Å². The fourth-order valence-electron chi connectivity index (χ4n) is 7.22. The number of hydrogen-bond acceptors (Lipinski definition) is 6. The van der Waals surface area contributed by atoms with E-state index in [0.717, 1.165) is 86.5 Å². The van der Waals surface area contributed by atoms with Crippen LogP contribution in [0.25, 0.3) is 5.57 Å². The van der Waals surface area contributed by atoms with Crippen molar-refractivity contribution in [1.82, 2.24) is 5.32 Å². The third-order valence-electron chi connectivity index (χ3n) is 10.4. The molecule has 2 aromatic carbocycles. The molecule has 0 spiro atoms. The average Bonchev–Trinajstić information content (AvgIpc) is 3.06.